The molecule has 0 bridgehead atoms. The number of halogens is 1. The molecule has 0 amide bonds. The Balaban J connectivity index is 2.18. The van der Waals surface area contributed by atoms with Gasteiger partial charge in [0, 0.05) is 11.4 Å². The summed E-state index contributed by atoms with van der Waals surface area (Å²) in [6.07, 6.45) is 6.89. The lowest BCUT2D eigenvalue weighted by molar-refractivity contribution is -0.386. The fourth-order valence-electron chi connectivity index (χ4n) is 2.43. The number of alkyl halides is 1. The lowest BCUT2D eigenvalue weighted by Gasteiger charge is -2.17. The third-order valence-corrected chi connectivity index (χ3v) is 4.12. The first kappa shape index (κ1) is 14.3. The minimum atomic E-state index is -0.371. The molecule has 5 heteroatoms. The summed E-state index contributed by atoms with van der Waals surface area (Å²) in [5.41, 5.74) is 1.06. The molecule has 0 heterocycles. The van der Waals surface area contributed by atoms with E-state index in [1.165, 1.54) is 18.9 Å². The van der Waals surface area contributed by atoms with Gasteiger partial charge in [-0.05, 0) is 37.3 Å². The zero-order chi connectivity index (χ0) is 13.7. The quantitative estimate of drug-likeness (QED) is 0.351. The molecule has 0 N–H and O–H groups in total. The Kier molecular flexibility index (Phi) is 5.19. The number of nitrogens with zero attached hydrogens (tertiary/aromatic N) is 1. The van der Waals surface area contributed by atoms with Crippen molar-refractivity contribution in [2.75, 3.05) is 0 Å². The van der Waals surface area contributed by atoms with Crippen molar-refractivity contribution in [3.05, 3.63) is 33.9 Å². The van der Waals surface area contributed by atoms with Gasteiger partial charge in [0.2, 0.25) is 0 Å². The van der Waals surface area contributed by atoms with Crippen LogP contribution in [0.2, 0.25) is 0 Å². The molecule has 4 nitrogen and oxygen atoms in total. The normalized spacial score (nSPS) is 16.9. The SMILES string of the molecule is O=[N+]([O-])c1ccc(CBr)cc1OC1CCCCCC1. The van der Waals surface area contributed by atoms with E-state index < -0.39 is 0 Å². The van der Waals surface area contributed by atoms with Crippen LogP contribution in [0.1, 0.15) is 44.1 Å². The van der Waals surface area contributed by atoms with Crippen molar-refractivity contribution in [3.8, 4) is 5.75 Å². The van der Waals surface area contributed by atoms with E-state index in [2.05, 4.69) is 15.9 Å². The molecule has 1 fully saturated rings. The molecule has 1 saturated carbocycles. The Morgan fingerprint density at radius 2 is 1.95 bits per heavy atom. The molecule has 0 unspecified atom stereocenters. The highest BCUT2D eigenvalue weighted by Crippen LogP contribution is 2.32. The average Bonchev–Trinajstić information content (AvgIpc) is 2.67. The molecule has 0 saturated heterocycles. The van der Waals surface area contributed by atoms with Crippen molar-refractivity contribution in [1.82, 2.24) is 0 Å². The van der Waals surface area contributed by atoms with Crippen LogP contribution >= 0.6 is 15.9 Å². The van der Waals surface area contributed by atoms with Crippen molar-refractivity contribution >= 4 is 21.6 Å². The number of nitro groups is 1. The van der Waals surface area contributed by atoms with Crippen LogP contribution in [0.4, 0.5) is 5.69 Å². The van der Waals surface area contributed by atoms with Gasteiger partial charge in [-0.3, -0.25) is 10.1 Å². The van der Waals surface area contributed by atoms with Gasteiger partial charge in [-0.2, -0.15) is 0 Å². The summed E-state index contributed by atoms with van der Waals surface area (Å²) < 4.78 is 5.91. The van der Waals surface area contributed by atoms with Crippen LogP contribution in [0, 0.1) is 10.1 Å². The zero-order valence-electron chi connectivity index (χ0n) is 10.8. The van der Waals surface area contributed by atoms with Crippen molar-refractivity contribution in [2.45, 2.75) is 50.0 Å². The first-order chi connectivity index (χ1) is 9.20. The van der Waals surface area contributed by atoms with Crippen molar-refractivity contribution in [2.24, 2.45) is 0 Å². The molecule has 19 heavy (non-hydrogen) atoms. The maximum atomic E-state index is 11.0. The van der Waals surface area contributed by atoms with Gasteiger partial charge in [0.15, 0.2) is 5.75 Å². The van der Waals surface area contributed by atoms with Crippen LogP contribution in [0.3, 0.4) is 0 Å². The first-order valence-electron chi connectivity index (χ1n) is 6.70. The highest BCUT2D eigenvalue weighted by Gasteiger charge is 2.20. The maximum Gasteiger partial charge on any atom is 0.310 e. The van der Waals surface area contributed by atoms with Crippen molar-refractivity contribution in [3.63, 3.8) is 0 Å². The fourth-order valence-corrected chi connectivity index (χ4v) is 2.77. The van der Waals surface area contributed by atoms with E-state index in [-0.39, 0.29) is 16.7 Å². The summed E-state index contributed by atoms with van der Waals surface area (Å²) >= 11 is 3.37. The van der Waals surface area contributed by atoms with Crippen LogP contribution < -0.4 is 4.74 Å². The molecule has 2 rings (SSSR count). The number of hydrogen-bond acceptors (Lipinski definition) is 3. The predicted molar refractivity (Wildman–Crippen MR) is 77.8 cm³/mol. The summed E-state index contributed by atoms with van der Waals surface area (Å²) in [6, 6.07) is 5.06. The molecule has 0 radical (unpaired) electrons. The number of benzene rings is 1. The van der Waals surface area contributed by atoms with Gasteiger partial charge in [0.05, 0.1) is 11.0 Å². The molecular formula is C14H18BrNO3. The Labute approximate surface area is 121 Å². The Bertz CT molecular complexity index is 442. The smallest absolute Gasteiger partial charge is 0.310 e. The molecule has 0 aliphatic heterocycles. The van der Waals surface area contributed by atoms with Crippen LogP contribution in [-0.4, -0.2) is 11.0 Å². The second-order valence-electron chi connectivity index (χ2n) is 4.92. The number of hydrogen-bond donors (Lipinski definition) is 0. The minimum absolute atomic E-state index is 0.0638. The molecule has 0 atom stereocenters. The van der Waals surface area contributed by atoms with E-state index in [0.717, 1.165) is 31.2 Å². The van der Waals surface area contributed by atoms with Crippen molar-refractivity contribution in [1.29, 1.82) is 0 Å². The Morgan fingerprint density at radius 3 is 2.53 bits per heavy atom. The van der Waals surface area contributed by atoms with E-state index in [0.29, 0.717) is 11.1 Å². The van der Waals surface area contributed by atoms with Crippen LogP contribution in [-0.2, 0) is 5.33 Å². The average molecular weight is 328 g/mol. The number of nitro benzene ring substituents is 1. The second-order valence-corrected chi connectivity index (χ2v) is 5.48. The molecule has 104 valence electrons. The molecule has 1 aromatic carbocycles. The summed E-state index contributed by atoms with van der Waals surface area (Å²) in [6.45, 7) is 0. The lowest BCUT2D eigenvalue weighted by atomic mass is 10.1. The largest absolute Gasteiger partial charge is 0.483 e. The van der Waals surface area contributed by atoms with Gasteiger partial charge in [-0.1, -0.05) is 34.8 Å². The Hall–Kier alpha value is -1.10. The van der Waals surface area contributed by atoms with E-state index in [1.807, 2.05) is 0 Å². The molecule has 0 spiro atoms. The van der Waals surface area contributed by atoms with Crippen molar-refractivity contribution < 1.29 is 9.66 Å². The van der Waals surface area contributed by atoms with E-state index in [4.69, 9.17) is 4.74 Å². The number of ether oxygens (including phenoxy) is 1. The summed E-state index contributed by atoms with van der Waals surface area (Å²) in [7, 11) is 0. The highest BCUT2D eigenvalue weighted by molar-refractivity contribution is 9.08. The maximum absolute atomic E-state index is 11.0. The van der Waals surface area contributed by atoms with Gasteiger partial charge < -0.3 is 4.74 Å². The standard InChI is InChI=1S/C14H18BrNO3/c15-10-11-7-8-13(16(17)18)14(9-11)19-12-5-3-1-2-4-6-12/h7-9,12H,1-6,10H2. The molecule has 1 aromatic rings. The lowest BCUT2D eigenvalue weighted by Crippen LogP contribution is -2.16. The first-order valence-corrected chi connectivity index (χ1v) is 7.83. The monoisotopic (exact) mass is 327 g/mol. The van der Waals surface area contributed by atoms with Gasteiger partial charge in [0.25, 0.3) is 0 Å². The molecule has 1 aliphatic carbocycles. The number of rotatable bonds is 4. The minimum Gasteiger partial charge on any atom is -0.483 e. The summed E-state index contributed by atoms with van der Waals surface area (Å²) in [5, 5.41) is 11.7. The Morgan fingerprint density at radius 1 is 1.26 bits per heavy atom. The van der Waals surface area contributed by atoms with Gasteiger partial charge in [-0.25, -0.2) is 0 Å². The summed E-state index contributed by atoms with van der Waals surface area (Å²) in [4.78, 5) is 10.7. The second kappa shape index (κ2) is 6.89. The van der Waals surface area contributed by atoms with Gasteiger partial charge in [0.1, 0.15) is 0 Å². The third kappa shape index (κ3) is 3.93. The molecule has 1 aliphatic rings. The van der Waals surface area contributed by atoms with Gasteiger partial charge in [-0.15, -0.1) is 0 Å². The third-order valence-electron chi connectivity index (χ3n) is 3.47. The molecular weight excluding hydrogens is 310 g/mol. The van der Waals surface area contributed by atoms with Crippen LogP contribution in [0.5, 0.6) is 5.75 Å². The fraction of sp³-hybridized carbons (Fsp3) is 0.571. The van der Waals surface area contributed by atoms with Gasteiger partial charge >= 0.3 is 5.69 Å². The molecule has 0 aromatic heterocycles. The zero-order valence-corrected chi connectivity index (χ0v) is 12.4. The summed E-state index contributed by atoms with van der Waals surface area (Å²) in [5.74, 6) is 0.411. The van der Waals surface area contributed by atoms with E-state index >= 15 is 0 Å². The van der Waals surface area contributed by atoms with Crippen LogP contribution in [0.25, 0.3) is 0 Å². The van der Waals surface area contributed by atoms with E-state index in [9.17, 15) is 10.1 Å². The topological polar surface area (TPSA) is 52.4 Å². The van der Waals surface area contributed by atoms with Crippen LogP contribution in [0.15, 0.2) is 18.2 Å². The highest BCUT2D eigenvalue weighted by atomic mass is 79.9. The predicted octanol–water partition coefficient (Wildman–Crippen LogP) is 4.59. The van der Waals surface area contributed by atoms with E-state index in [1.54, 1.807) is 12.1 Å².